The Hall–Kier alpha value is -2.30. The van der Waals surface area contributed by atoms with Crippen molar-refractivity contribution in [3.8, 4) is 0 Å². The summed E-state index contributed by atoms with van der Waals surface area (Å²) in [6, 6.07) is 9.21. The van der Waals surface area contributed by atoms with Gasteiger partial charge in [0.25, 0.3) is 5.91 Å². The maximum absolute atomic E-state index is 12.4. The van der Waals surface area contributed by atoms with Crippen LogP contribution in [-0.4, -0.2) is 22.5 Å². The van der Waals surface area contributed by atoms with Gasteiger partial charge < -0.3 is 15.2 Å². The monoisotopic (exact) mass is 273 g/mol. The first-order chi connectivity index (χ1) is 9.61. The van der Waals surface area contributed by atoms with Crippen molar-refractivity contribution in [3.63, 3.8) is 0 Å². The number of nitrogen functional groups attached to an aromatic ring is 1. The summed E-state index contributed by atoms with van der Waals surface area (Å²) in [6.07, 6.45) is 0.867. The molecule has 0 fully saturated rings. The van der Waals surface area contributed by atoms with Crippen LogP contribution in [0.1, 0.15) is 35.2 Å². The summed E-state index contributed by atoms with van der Waals surface area (Å²) in [7, 11) is 0. The van der Waals surface area contributed by atoms with Gasteiger partial charge in [0.2, 0.25) is 5.76 Å². The van der Waals surface area contributed by atoms with Gasteiger partial charge in [0, 0.05) is 24.8 Å². The molecule has 0 saturated heterocycles. The van der Waals surface area contributed by atoms with E-state index in [1.165, 1.54) is 0 Å². The number of nitrogens with zero attached hydrogens (tertiary/aromatic N) is 2. The first-order valence-corrected chi connectivity index (χ1v) is 6.67. The highest BCUT2D eigenvalue weighted by atomic mass is 16.5. The third-order valence-corrected chi connectivity index (χ3v) is 3.04. The molecule has 20 heavy (non-hydrogen) atoms. The van der Waals surface area contributed by atoms with Crippen molar-refractivity contribution in [2.75, 3.05) is 12.3 Å². The first-order valence-electron chi connectivity index (χ1n) is 6.67. The molecule has 1 aromatic carbocycles. The summed E-state index contributed by atoms with van der Waals surface area (Å²) >= 11 is 0. The van der Waals surface area contributed by atoms with E-state index in [1.54, 1.807) is 17.9 Å². The van der Waals surface area contributed by atoms with E-state index in [0.717, 1.165) is 12.0 Å². The van der Waals surface area contributed by atoms with Crippen molar-refractivity contribution in [1.82, 2.24) is 10.1 Å². The lowest BCUT2D eigenvalue weighted by Crippen LogP contribution is -2.31. The number of aryl methyl sites for hydroxylation is 1. The lowest BCUT2D eigenvalue weighted by molar-refractivity contribution is 0.0701. The third-order valence-electron chi connectivity index (χ3n) is 3.04. The summed E-state index contributed by atoms with van der Waals surface area (Å²) in [5, 5.41) is 3.76. The molecule has 0 aliphatic rings. The zero-order chi connectivity index (χ0) is 14.5. The Morgan fingerprint density at radius 1 is 1.40 bits per heavy atom. The van der Waals surface area contributed by atoms with Gasteiger partial charge in [0.05, 0.1) is 5.69 Å². The average Bonchev–Trinajstić information content (AvgIpc) is 2.86. The predicted octanol–water partition coefficient (Wildman–Crippen LogP) is 2.62. The van der Waals surface area contributed by atoms with E-state index in [-0.39, 0.29) is 11.7 Å². The lowest BCUT2D eigenvalue weighted by atomic mass is 10.1. The molecule has 0 atom stereocenters. The van der Waals surface area contributed by atoms with E-state index in [0.29, 0.717) is 24.5 Å². The van der Waals surface area contributed by atoms with Gasteiger partial charge in [-0.1, -0.05) is 30.3 Å². The normalized spacial score (nSPS) is 10.5. The van der Waals surface area contributed by atoms with E-state index < -0.39 is 0 Å². The second kappa shape index (κ2) is 6.23. The number of nitrogens with two attached hydrogens (primary N) is 1. The Kier molecular flexibility index (Phi) is 4.40. The predicted molar refractivity (Wildman–Crippen MR) is 77.1 cm³/mol. The maximum atomic E-state index is 12.4. The standard InChI is InChI=1S/C15H19N3O2/c1-3-8-18(10-12-6-4-5-7-13(12)16)15(19)14-9-11(2)17-20-14/h4-7,9H,3,8,10,16H2,1-2H3. The fraction of sp³-hybridized carbons (Fsp3) is 0.333. The number of benzene rings is 1. The number of para-hydroxylation sites is 1. The molecule has 0 unspecified atom stereocenters. The minimum absolute atomic E-state index is 0.157. The van der Waals surface area contributed by atoms with Crippen molar-refractivity contribution in [2.24, 2.45) is 0 Å². The van der Waals surface area contributed by atoms with Crippen LogP contribution < -0.4 is 5.73 Å². The van der Waals surface area contributed by atoms with E-state index in [1.807, 2.05) is 31.2 Å². The molecule has 106 valence electrons. The molecule has 0 bridgehead atoms. The highest BCUT2D eigenvalue weighted by molar-refractivity contribution is 5.91. The number of aromatic nitrogens is 1. The molecule has 5 nitrogen and oxygen atoms in total. The summed E-state index contributed by atoms with van der Waals surface area (Å²) in [4.78, 5) is 14.1. The van der Waals surface area contributed by atoms with Crippen LogP contribution in [0, 0.1) is 6.92 Å². The fourth-order valence-corrected chi connectivity index (χ4v) is 2.03. The summed E-state index contributed by atoms with van der Waals surface area (Å²) in [5.41, 5.74) is 8.26. The number of hydrogen-bond acceptors (Lipinski definition) is 4. The van der Waals surface area contributed by atoms with E-state index in [4.69, 9.17) is 10.3 Å². The summed E-state index contributed by atoms with van der Waals surface area (Å²) in [5.74, 6) is 0.112. The van der Waals surface area contributed by atoms with Crippen molar-refractivity contribution in [2.45, 2.75) is 26.8 Å². The van der Waals surface area contributed by atoms with Crippen LogP contribution in [0.5, 0.6) is 0 Å². The van der Waals surface area contributed by atoms with Gasteiger partial charge in [0.1, 0.15) is 0 Å². The Morgan fingerprint density at radius 3 is 2.75 bits per heavy atom. The summed E-state index contributed by atoms with van der Waals surface area (Å²) in [6.45, 7) is 4.94. The number of hydrogen-bond donors (Lipinski definition) is 1. The molecule has 0 spiro atoms. The molecule has 0 saturated carbocycles. The molecule has 2 N–H and O–H groups in total. The van der Waals surface area contributed by atoms with E-state index in [9.17, 15) is 4.79 Å². The molecule has 0 radical (unpaired) electrons. The molecule has 1 amide bonds. The van der Waals surface area contributed by atoms with Gasteiger partial charge >= 0.3 is 0 Å². The zero-order valence-electron chi connectivity index (χ0n) is 11.8. The smallest absolute Gasteiger partial charge is 0.292 e. The SMILES string of the molecule is CCCN(Cc1ccccc1N)C(=O)c1cc(C)no1. The molecule has 1 heterocycles. The average molecular weight is 273 g/mol. The van der Waals surface area contributed by atoms with Crippen molar-refractivity contribution in [1.29, 1.82) is 0 Å². The van der Waals surface area contributed by atoms with Gasteiger partial charge in [-0.15, -0.1) is 0 Å². The molecular formula is C15H19N3O2. The van der Waals surface area contributed by atoms with Crippen molar-refractivity contribution in [3.05, 3.63) is 47.3 Å². The maximum Gasteiger partial charge on any atom is 0.292 e. The first kappa shape index (κ1) is 14.1. The molecular weight excluding hydrogens is 254 g/mol. The van der Waals surface area contributed by atoms with Gasteiger partial charge in [-0.25, -0.2) is 0 Å². The molecule has 0 aliphatic heterocycles. The van der Waals surface area contributed by atoms with Crippen LogP contribution in [0.3, 0.4) is 0 Å². The quantitative estimate of drug-likeness (QED) is 0.850. The summed E-state index contributed by atoms with van der Waals surface area (Å²) < 4.78 is 5.05. The molecule has 2 rings (SSSR count). The molecule has 5 heteroatoms. The third kappa shape index (κ3) is 3.17. The Balaban J connectivity index is 2.19. The Bertz CT molecular complexity index is 592. The zero-order valence-corrected chi connectivity index (χ0v) is 11.8. The molecule has 0 aliphatic carbocycles. The number of amides is 1. The number of rotatable bonds is 5. The van der Waals surface area contributed by atoms with Crippen LogP contribution in [-0.2, 0) is 6.54 Å². The Labute approximate surface area is 118 Å². The number of carbonyl (C=O) groups is 1. The number of anilines is 1. The van der Waals surface area contributed by atoms with E-state index in [2.05, 4.69) is 5.16 Å². The van der Waals surface area contributed by atoms with Crippen LogP contribution >= 0.6 is 0 Å². The largest absolute Gasteiger partial charge is 0.398 e. The van der Waals surface area contributed by atoms with Crippen LogP contribution in [0.4, 0.5) is 5.69 Å². The second-order valence-electron chi connectivity index (χ2n) is 4.76. The Morgan fingerprint density at radius 2 is 2.15 bits per heavy atom. The van der Waals surface area contributed by atoms with Crippen LogP contribution in [0.2, 0.25) is 0 Å². The fourth-order valence-electron chi connectivity index (χ4n) is 2.03. The van der Waals surface area contributed by atoms with Crippen molar-refractivity contribution >= 4 is 11.6 Å². The highest BCUT2D eigenvalue weighted by Crippen LogP contribution is 2.16. The highest BCUT2D eigenvalue weighted by Gasteiger charge is 2.20. The van der Waals surface area contributed by atoms with E-state index >= 15 is 0 Å². The molecule has 1 aromatic heterocycles. The van der Waals surface area contributed by atoms with Gasteiger partial charge in [0.15, 0.2) is 0 Å². The van der Waals surface area contributed by atoms with Crippen molar-refractivity contribution < 1.29 is 9.32 Å². The van der Waals surface area contributed by atoms with Gasteiger partial charge in [-0.2, -0.15) is 0 Å². The minimum Gasteiger partial charge on any atom is -0.398 e. The second-order valence-corrected chi connectivity index (χ2v) is 4.76. The van der Waals surface area contributed by atoms with Gasteiger partial charge in [-0.05, 0) is 25.0 Å². The van der Waals surface area contributed by atoms with Crippen LogP contribution in [0.15, 0.2) is 34.9 Å². The molecule has 2 aromatic rings. The van der Waals surface area contributed by atoms with Gasteiger partial charge in [-0.3, -0.25) is 4.79 Å². The van der Waals surface area contributed by atoms with Crippen LogP contribution in [0.25, 0.3) is 0 Å². The lowest BCUT2D eigenvalue weighted by Gasteiger charge is -2.21. The topological polar surface area (TPSA) is 72.4 Å². The number of carbonyl (C=O) groups excluding carboxylic acids is 1. The minimum atomic E-state index is -0.157.